The molecule has 1 aromatic carbocycles. The van der Waals surface area contributed by atoms with Crippen LogP contribution in [0.4, 0.5) is 0 Å². The van der Waals surface area contributed by atoms with E-state index in [1.54, 1.807) is 0 Å². The molecule has 0 radical (unpaired) electrons. The van der Waals surface area contributed by atoms with E-state index in [-0.39, 0.29) is 0 Å². The highest BCUT2D eigenvalue weighted by molar-refractivity contribution is 9.10. The summed E-state index contributed by atoms with van der Waals surface area (Å²) >= 11 is 3.37. The van der Waals surface area contributed by atoms with Crippen molar-refractivity contribution in [3.05, 3.63) is 28.7 Å². The van der Waals surface area contributed by atoms with E-state index in [1.807, 2.05) is 24.3 Å². The molecule has 1 fully saturated rings. The van der Waals surface area contributed by atoms with E-state index in [2.05, 4.69) is 15.9 Å². The van der Waals surface area contributed by atoms with Gasteiger partial charge in [-0.1, -0.05) is 15.9 Å². The summed E-state index contributed by atoms with van der Waals surface area (Å²) in [4.78, 5) is 0. The van der Waals surface area contributed by atoms with Gasteiger partial charge in [-0.3, -0.25) is 0 Å². The van der Waals surface area contributed by atoms with Gasteiger partial charge in [-0.2, -0.15) is 0 Å². The zero-order valence-electron chi connectivity index (χ0n) is 7.20. The minimum absolute atomic E-state index is 0.587. The second-order valence-electron chi connectivity index (χ2n) is 3.17. The van der Waals surface area contributed by atoms with E-state index in [0.717, 1.165) is 30.0 Å². The highest BCUT2D eigenvalue weighted by Gasteiger charge is 2.18. The molecule has 2 nitrogen and oxygen atoms in total. The van der Waals surface area contributed by atoms with Gasteiger partial charge in [-0.25, -0.2) is 0 Å². The Kier molecular flexibility index (Phi) is 2.86. The van der Waals surface area contributed by atoms with Crippen LogP contribution in [0.15, 0.2) is 28.7 Å². The summed E-state index contributed by atoms with van der Waals surface area (Å²) in [6.45, 7) is 2.45. The molecule has 0 aromatic heterocycles. The maximum absolute atomic E-state index is 5.56. The fourth-order valence-corrected chi connectivity index (χ4v) is 1.39. The summed E-state index contributed by atoms with van der Waals surface area (Å²) in [6, 6.07) is 7.88. The third-order valence-electron chi connectivity index (χ3n) is 2.01. The Hall–Kier alpha value is -0.540. The van der Waals surface area contributed by atoms with Crippen molar-refractivity contribution >= 4 is 15.9 Å². The fraction of sp³-hybridized carbons (Fsp3) is 0.400. The minimum atomic E-state index is 0.587. The van der Waals surface area contributed by atoms with E-state index in [4.69, 9.17) is 9.47 Å². The van der Waals surface area contributed by atoms with E-state index < -0.39 is 0 Å². The molecule has 0 bridgehead atoms. The van der Waals surface area contributed by atoms with Crippen LogP contribution in [0.3, 0.4) is 0 Å². The van der Waals surface area contributed by atoms with Crippen LogP contribution in [0.5, 0.6) is 5.75 Å². The van der Waals surface area contributed by atoms with Crippen LogP contribution >= 0.6 is 15.9 Å². The van der Waals surface area contributed by atoms with Crippen LogP contribution in [0.1, 0.15) is 0 Å². The molecule has 0 aliphatic carbocycles. The predicted molar refractivity (Wildman–Crippen MR) is 53.9 cm³/mol. The molecule has 0 amide bonds. The lowest BCUT2D eigenvalue weighted by molar-refractivity contribution is -0.0508. The van der Waals surface area contributed by atoms with Gasteiger partial charge in [-0.05, 0) is 24.3 Å². The Morgan fingerprint density at radius 3 is 2.54 bits per heavy atom. The van der Waals surface area contributed by atoms with Crippen molar-refractivity contribution in [2.75, 3.05) is 19.8 Å². The molecule has 1 aliphatic rings. The maximum Gasteiger partial charge on any atom is 0.119 e. The van der Waals surface area contributed by atoms with Crippen LogP contribution in [0.2, 0.25) is 0 Å². The number of benzene rings is 1. The third-order valence-corrected chi connectivity index (χ3v) is 2.54. The first kappa shape index (κ1) is 9.03. The third kappa shape index (κ3) is 2.45. The topological polar surface area (TPSA) is 18.5 Å². The van der Waals surface area contributed by atoms with Gasteiger partial charge in [0.1, 0.15) is 5.75 Å². The van der Waals surface area contributed by atoms with Gasteiger partial charge >= 0.3 is 0 Å². The number of halogens is 1. The van der Waals surface area contributed by atoms with Crippen LogP contribution in [-0.4, -0.2) is 19.8 Å². The van der Waals surface area contributed by atoms with Gasteiger partial charge in [0.2, 0.25) is 0 Å². The van der Waals surface area contributed by atoms with Crippen molar-refractivity contribution in [1.82, 2.24) is 0 Å². The molecule has 1 heterocycles. The molecule has 0 saturated carbocycles. The van der Waals surface area contributed by atoms with E-state index in [9.17, 15) is 0 Å². The highest BCUT2D eigenvalue weighted by atomic mass is 79.9. The molecule has 0 N–H and O–H groups in total. The fourth-order valence-electron chi connectivity index (χ4n) is 1.13. The van der Waals surface area contributed by atoms with Gasteiger partial charge in [0, 0.05) is 10.4 Å². The summed E-state index contributed by atoms with van der Waals surface area (Å²) in [5, 5.41) is 0. The van der Waals surface area contributed by atoms with Crippen LogP contribution in [0.25, 0.3) is 0 Å². The van der Waals surface area contributed by atoms with E-state index in [0.29, 0.717) is 5.92 Å². The van der Waals surface area contributed by atoms with Crippen LogP contribution in [-0.2, 0) is 4.74 Å². The number of hydrogen-bond donors (Lipinski definition) is 0. The summed E-state index contributed by atoms with van der Waals surface area (Å²) in [5.41, 5.74) is 0. The molecular formula is C10H11BrO2. The van der Waals surface area contributed by atoms with Gasteiger partial charge < -0.3 is 9.47 Å². The van der Waals surface area contributed by atoms with Crippen LogP contribution in [0, 0.1) is 5.92 Å². The number of hydrogen-bond acceptors (Lipinski definition) is 2. The average molecular weight is 243 g/mol. The summed E-state index contributed by atoms with van der Waals surface area (Å²) < 4.78 is 11.7. The standard InChI is InChI=1S/C10H11BrO2/c11-9-1-3-10(4-2-9)13-7-8-5-12-6-8/h1-4,8H,5-7H2. The first-order valence-corrected chi connectivity index (χ1v) is 5.10. The van der Waals surface area contributed by atoms with Crippen molar-refractivity contribution in [2.45, 2.75) is 0 Å². The first-order chi connectivity index (χ1) is 6.34. The smallest absolute Gasteiger partial charge is 0.119 e. The van der Waals surface area contributed by atoms with Crippen molar-refractivity contribution in [3.8, 4) is 5.75 Å². The highest BCUT2D eigenvalue weighted by Crippen LogP contribution is 2.18. The van der Waals surface area contributed by atoms with Crippen molar-refractivity contribution < 1.29 is 9.47 Å². The molecule has 3 heteroatoms. The summed E-state index contributed by atoms with van der Waals surface area (Å²) in [7, 11) is 0. The van der Waals surface area contributed by atoms with E-state index >= 15 is 0 Å². The number of ether oxygens (including phenoxy) is 2. The minimum Gasteiger partial charge on any atom is -0.493 e. The van der Waals surface area contributed by atoms with Crippen molar-refractivity contribution in [3.63, 3.8) is 0 Å². The number of rotatable bonds is 3. The van der Waals surface area contributed by atoms with E-state index in [1.165, 1.54) is 0 Å². The monoisotopic (exact) mass is 242 g/mol. The van der Waals surface area contributed by atoms with Gasteiger partial charge in [0.25, 0.3) is 0 Å². The Balaban J connectivity index is 1.83. The Labute approximate surface area is 86.0 Å². The van der Waals surface area contributed by atoms with Gasteiger partial charge in [-0.15, -0.1) is 0 Å². The molecule has 0 atom stereocenters. The lowest BCUT2D eigenvalue weighted by Gasteiger charge is -2.25. The Morgan fingerprint density at radius 1 is 1.31 bits per heavy atom. The quantitative estimate of drug-likeness (QED) is 0.811. The second kappa shape index (κ2) is 4.11. The van der Waals surface area contributed by atoms with Crippen LogP contribution < -0.4 is 4.74 Å². The van der Waals surface area contributed by atoms with Crippen molar-refractivity contribution in [2.24, 2.45) is 5.92 Å². The summed E-state index contributed by atoms with van der Waals surface area (Å²) in [6.07, 6.45) is 0. The first-order valence-electron chi connectivity index (χ1n) is 4.31. The SMILES string of the molecule is Brc1ccc(OCC2COC2)cc1. The zero-order valence-corrected chi connectivity index (χ0v) is 8.79. The largest absolute Gasteiger partial charge is 0.493 e. The molecule has 13 heavy (non-hydrogen) atoms. The molecule has 1 saturated heterocycles. The van der Waals surface area contributed by atoms with Crippen molar-refractivity contribution in [1.29, 1.82) is 0 Å². The zero-order chi connectivity index (χ0) is 9.10. The lowest BCUT2D eigenvalue weighted by atomic mass is 10.1. The Morgan fingerprint density at radius 2 is 2.00 bits per heavy atom. The molecule has 2 rings (SSSR count). The molecule has 70 valence electrons. The lowest BCUT2D eigenvalue weighted by Crippen LogP contribution is -2.32. The van der Waals surface area contributed by atoms with Gasteiger partial charge in [0.05, 0.1) is 19.8 Å². The van der Waals surface area contributed by atoms with Gasteiger partial charge in [0.15, 0.2) is 0 Å². The summed E-state index contributed by atoms with van der Waals surface area (Å²) in [5.74, 6) is 1.51. The Bertz CT molecular complexity index is 267. The average Bonchev–Trinajstić information content (AvgIpc) is 2.05. The second-order valence-corrected chi connectivity index (χ2v) is 4.08. The molecule has 1 aromatic rings. The predicted octanol–water partition coefficient (Wildman–Crippen LogP) is 2.47. The molecule has 0 unspecified atom stereocenters. The maximum atomic E-state index is 5.56. The molecule has 0 spiro atoms. The molecule has 1 aliphatic heterocycles. The normalized spacial score (nSPS) is 16.7. The molecular weight excluding hydrogens is 232 g/mol.